The summed E-state index contributed by atoms with van der Waals surface area (Å²) in [6.07, 6.45) is 0.122. The number of benzene rings is 3. The molecule has 9 heteroatoms. The fourth-order valence-electron chi connectivity index (χ4n) is 2.71. The van der Waals surface area contributed by atoms with Crippen LogP contribution in [-0.4, -0.2) is 20.4 Å². The molecule has 0 saturated heterocycles. The van der Waals surface area contributed by atoms with Crippen LogP contribution in [0, 0.1) is 5.82 Å². The molecule has 0 unspecified atom stereocenters. The highest BCUT2D eigenvalue weighted by Crippen LogP contribution is 2.20. The lowest BCUT2D eigenvalue weighted by Crippen LogP contribution is -2.45. The molecule has 0 aliphatic carbocycles. The Kier molecular flexibility index (Phi) is 7.25. The molecule has 0 aliphatic rings. The van der Waals surface area contributed by atoms with Gasteiger partial charge in [0.2, 0.25) is 15.9 Å². The van der Waals surface area contributed by atoms with Crippen LogP contribution in [0.3, 0.4) is 0 Å². The molecule has 156 valence electrons. The van der Waals surface area contributed by atoms with E-state index in [1.54, 1.807) is 36.4 Å². The SMILES string of the molecule is O=C(Nc1ccc(F)c(Cl)c1)[C@H](Cc1ccccc1)NS(=O)(=O)c1ccc(Br)cc1. The first-order valence-corrected chi connectivity index (χ1v) is 11.5. The quantitative estimate of drug-likeness (QED) is 0.480. The number of hydrogen-bond donors (Lipinski definition) is 2. The van der Waals surface area contributed by atoms with E-state index in [-0.39, 0.29) is 22.0 Å². The van der Waals surface area contributed by atoms with Gasteiger partial charge in [-0.05, 0) is 54.4 Å². The highest BCUT2D eigenvalue weighted by atomic mass is 79.9. The average Bonchev–Trinajstić information content (AvgIpc) is 2.71. The number of halogens is 3. The minimum atomic E-state index is -3.97. The van der Waals surface area contributed by atoms with Crippen molar-refractivity contribution < 1.29 is 17.6 Å². The molecule has 5 nitrogen and oxygen atoms in total. The molecule has 0 aromatic heterocycles. The molecule has 30 heavy (non-hydrogen) atoms. The molecular formula is C21H17BrClFN2O3S. The van der Waals surface area contributed by atoms with Crippen LogP contribution in [0.25, 0.3) is 0 Å². The van der Waals surface area contributed by atoms with Crippen LogP contribution < -0.4 is 10.0 Å². The maximum atomic E-state index is 13.4. The van der Waals surface area contributed by atoms with Crippen molar-refractivity contribution in [3.63, 3.8) is 0 Å². The largest absolute Gasteiger partial charge is 0.325 e. The molecular weight excluding hydrogens is 495 g/mol. The zero-order valence-corrected chi connectivity index (χ0v) is 18.6. The highest BCUT2D eigenvalue weighted by Gasteiger charge is 2.26. The van der Waals surface area contributed by atoms with Crippen molar-refractivity contribution in [2.24, 2.45) is 0 Å². The summed E-state index contributed by atoms with van der Waals surface area (Å²) in [5, 5.41) is 2.44. The molecule has 3 rings (SSSR count). The number of nitrogens with one attached hydrogen (secondary N) is 2. The summed E-state index contributed by atoms with van der Waals surface area (Å²) < 4.78 is 42.2. The smallest absolute Gasteiger partial charge is 0.242 e. The van der Waals surface area contributed by atoms with E-state index in [0.717, 1.165) is 16.1 Å². The third-order valence-corrected chi connectivity index (χ3v) is 6.51. The molecule has 0 saturated carbocycles. The Labute approximate surface area is 187 Å². The van der Waals surface area contributed by atoms with Gasteiger partial charge in [0.15, 0.2) is 0 Å². The lowest BCUT2D eigenvalue weighted by molar-refractivity contribution is -0.117. The van der Waals surface area contributed by atoms with Crippen LogP contribution in [0.4, 0.5) is 10.1 Å². The van der Waals surface area contributed by atoms with E-state index >= 15 is 0 Å². The van der Waals surface area contributed by atoms with Crippen molar-refractivity contribution in [1.82, 2.24) is 4.72 Å². The predicted octanol–water partition coefficient (Wildman–Crippen LogP) is 4.77. The van der Waals surface area contributed by atoms with Crippen molar-refractivity contribution in [3.05, 3.63) is 93.7 Å². The first-order valence-electron chi connectivity index (χ1n) is 8.82. The van der Waals surface area contributed by atoms with E-state index in [1.165, 1.54) is 24.3 Å². The van der Waals surface area contributed by atoms with Gasteiger partial charge in [0, 0.05) is 10.2 Å². The van der Waals surface area contributed by atoms with E-state index in [4.69, 9.17) is 11.6 Å². The fourth-order valence-corrected chi connectivity index (χ4v) is 4.35. The molecule has 0 aliphatic heterocycles. The highest BCUT2D eigenvalue weighted by molar-refractivity contribution is 9.10. The monoisotopic (exact) mass is 510 g/mol. The van der Waals surface area contributed by atoms with E-state index in [9.17, 15) is 17.6 Å². The molecule has 3 aromatic rings. The second kappa shape index (κ2) is 9.70. The van der Waals surface area contributed by atoms with Crippen LogP contribution in [0.2, 0.25) is 5.02 Å². The molecule has 0 radical (unpaired) electrons. The maximum Gasteiger partial charge on any atom is 0.242 e. The van der Waals surface area contributed by atoms with Crippen molar-refractivity contribution in [2.75, 3.05) is 5.32 Å². The molecule has 0 fully saturated rings. The topological polar surface area (TPSA) is 75.3 Å². The van der Waals surface area contributed by atoms with Gasteiger partial charge in [-0.1, -0.05) is 57.9 Å². The zero-order valence-electron chi connectivity index (χ0n) is 15.5. The Hall–Kier alpha value is -2.26. The summed E-state index contributed by atoms with van der Waals surface area (Å²) in [7, 11) is -3.97. The zero-order chi connectivity index (χ0) is 21.7. The Morgan fingerprint density at radius 3 is 2.33 bits per heavy atom. The fraction of sp³-hybridized carbons (Fsp3) is 0.0952. The minimum absolute atomic E-state index is 0.0291. The summed E-state index contributed by atoms with van der Waals surface area (Å²) in [6.45, 7) is 0. The van der Waals surface area contributed by atoms with E-state index < -0.39 is 27.8 Å². The minimum Gasteiger partial charge on any atom is -0.325 e. The summed E-state index contributed by atoms with van der Waals surface area (Å²) >= 11 is 9.03. The molecule has 0 spiro atoms. The standard InChI is InChI=1S/C21H17BrClFN2O3S/c22-15-6-9-17(10-7-15)30(28,29)26-20(12-14-4-2-1-3-5-14)21(27)25-16-8-11-19(24)18(23)13-16/h1-11,13,20,26H,12H2,(H,25,27)/t20-/m0/s1. The van der Waals surface area contributed by atoms with Crippen LogP contribution in [0.1, 0.15) is 5.56 Å². The van der Waals surface area contributed by atoms with Crippen molar-refractivity contribution >= 4 is 49.1 Å². The second-order valence-corrected chi connectivity index (χ2v) is 9.47. The number of rotatable bonds is 7. The van der Waals surface area contributed by atoms with Crippen LogP contribution >= 0.6 is 27.5 Å². The van der Waals surface area contributed by atoms with Gasteiger partial charge in [-0.25, -0.2) is 12.8 Å². The number of anilines is 1. The van der Waals surface area contributed by atoms with Gasteiger partial charge in [0.05, 0.1) is 9.92 Å². The van der Waals surface area contributed by atoms with Gasteiger partial charge >= 0.3 is 0 Å². The molecule has 1 amide bonds. The lowest BCUT2D eigenvalue weighted by Gasteiger charge is -2.19. The first-order chi connectivity index (χ1) is 14.2. The Morgan fingerprint density at radius 1 is 1.03 bits per heavy atom. The van der Waals surface area contributed by atoms with Crippen LogP contribution in [0.15, 0.2) is 82.2 Å². The first kappa shape index (κ1) is 22.4. The van der Waals surface area contributed by atoms with Gasteiger partial charge in [0.25, 0.3) is 0 Å². The van der Waals surface area contributed by atoms with E-state index in [1.807, 2.05) is 6.07 Å². The van der Waals surface area contributed by atoms with Crippen LogP contribution in [0.5, 0.6) is 0 Å². The third-order valence-electron chi connectivity index (χ3n) is 4.21. The Balaban J connectivity index is 1.86. The molecule has 1 atom stereocenters. The molecule has 3 aromatic carbocycles. The van der Waals surface area contributed by atoms with Gasteiger partial charge < -0.3 is 5.32 Å². The van der Waals surface area contributed by atoms with E-state index in [2.05, 4.69) is 26.0 Å². The predicted molar refractivity (Wildman–Crippen MR) is 118 cm³/mol. The lowest BCUT2D eigenvalue weighted by atomic mass is 10.1. The third kappa shape index (κ3) is 5.89. The average molecular weight is 512 g/mol. The summed E-state index contributed by atoms with van der Waals surface area (Å²) in [4.78, 5) is 12.9. The van der Waals surface area contributed by atoms with Crippen molar-refractivity contribution in [1.29, 1.82) is 0 Å². The Morgan fingerprint density at radius 2 is 1.70 bits per heavy atom. The number of sulfonamides is 1. The molecule has 2 N–H and O–H groups in total. The number of amides is 1. The number of carbonyl (C=O) groups is 1. The van der Waals surface area contributed by atoms with Crippen molar-refractivity contribution in [3.8, 4) is 0 Å². The van der Waals surface area contributed by atoms with Gasteiger partial charge in [-0.3, -0.25) is 4.79 Å². The normalized spacial score (nSPS) is 12.4. The van der Waals surface area contributed by atoms with Crippen LogP contribution in [-0.2, 0) is 21.2 Å². The van der Waals surface area contributed by atoms with E-state index in [0.29, 0.717) is 0 Å². The summed E-state index contributed by atoms with van der Waals surface area (Å²) in [5.74, 6) is -1.21. The summed E-state index contributed by atoms with van der Waals surface area (Å²) in [5.41, 5.74) is 1.03. The molecule has 0 heterocycles. The maximum absolute atomic E-state index is 13.4. The second-order valence-electron chi connectivity index (χ2n) is 6.44. The number of hydrogen-bond acceptors (Lipinski definition) is 3. The molecule has 0 bridgehead atoms. The van der Waals surface area contributed by atoms with Gasteiger partial charge in [-0.15, -0.1) is 0 Å². The van der Waals surface area contributed by atoms with Gasteiger partial charge in [0.1, 0.15) is 11.9 Å². The van der Waals surface area contributed by atoms with Gasteiger partial charge in [-0.2, -0.15) is 4.72 Å². The Bertz CT molecular complexity index is 1140. The summed E-state index contributed by atoms with van der Waals surface area (Å²) in [6, 6.07) is 17.7. The number of carbonyl (C=O) groups excluding carboxylic acids is 1. The van der Waals surface area contributed by atoms with Crippen molar-refractivity contribution in [2.45, 2.75) is 17.4 Å².